The molecule has 110 valence electrons. The molecular formula is C10H12FN3O6. The summed E-state index contributed by atoms with van der Waals surface area (Å²) in [5, 5.41) is 29.3. The van der Waals surface area contributed by atoms with Crippen molar-refractivity contribution in [1.82, 2.24) is 9.55 Å². The molecule has 0 spiro atoms. The molecule has 1 aliphatic heterocycles. The molecule has 1 fully saturated rings. The number of halogens is 1. The number of carbonyl (C=O) groups is 1. The van der Waals surface area contributed by atoms with Crippen LogP contribution in [0.1, 0.15) is 13.2 Å². The van der Waals surface area contributed by atoms with E-state index in [0.29, 0.717) is 10.8 Å². The minimum atomic E-state index is -1.57. The van der Waals surface area contributed by atoms with E-state index < -0.39 is 48.0 Å². The van der Waals surface area contributed by atoms with Gasteiger partial charge in [0.1, 0.15) is 12.2 Å². The molecule has 1 amide bonds. The Bertz CT molecular complexity index is 591. The fourth-order valence-electron chi connectivity index (χ4n) is 1.87. The van der Waals surface area contributed by atoms with Crippen LogP contribution in [0.15, 0.2) is 11.0 Å². The molecule has 1 aliphatic rings. The molecule has 0 bridgehead atoms. The van der Waals surface area contributed by atoms with Crippen molar-refractivity contribution < 1.29 is 29.2 Å². The Morgan fingerprint density at radius 3 is 2.65 bits per heavy atom. The number of hydrogen-bond donors (Lipinski definition) is 4. The van der Waals surface area contributed by atoms with E-state index in [9.17, 15) is 24.2 Å². The molecule has 1 saturated heterocycles. The van der Waals surface area contributed by atoms with Gasteiger partial charge in [0, 0.05) is 0 Å². The van der Waals surface area contributed by atoms with Gasteiger partial charge in [0.15, 0.2) is 17.9 Å². The quantitative estimate of drug-likeness (QED) is 0.555. The molecule has 0 saturated carbocycles. The first-order chi connectivity index (χ1) is 9.31. The Labute approximate surface area is 111 Å². The lowest BCUT2D eigenvalue weighted by Crippen LogP contribution is -2.36. The van der Waals surface area contributed by atoms with E-state index in [0.717, 1.165) is 0 Å². The van der Waals surface area contributed by atoms with E-state index in [1.165, 1.54) is 6.92 Å². The maximum absolute atomic E-state index is 13.6. The average Bonchev–Trinajstić information content (AvgIpc) is 2.61. The Morgan fingerprint density at radius 2 is 2.15 bits per heavy atom. The lowest BCUT2D eigenvalue weighted by atomic mass is 10.1. The summed E-state index contributed by atoms with van der Waals surface area (Å²) in [6.45, 7) is 1.48. The monoisotopic (exact) mass is 289 g/mol. The third-order valence-corrected chi connectivity index (χ3v) is 2.88. The summed E-state index contributed by atoms with van der Waals surface area (Å²) >= 11 is 0. The van der Waals surface area contributed by atoms with Crippen LogP contribution in [0.2, 0.25) is 0 Å². The maximum atomic E-state index is 13.6. The topological polar surface area (TPSA) is 134 Å². The molecule has 20 heavy (non-hydrogen) atoms. The third-order valence-electron chi connectivity index (χ3n) is 2.88. The summed E-state index contributed by atoms with van der Waals surface area (Å²) < 4.78 is 19.4. The van der Waals surface area contributed by atoms with Crippen LogP contribution in [-0.4, -0.2) is 49.3 Å². The van der Waals surface area contributed by atoms with Gasteiger partial charge in [-0.3, -0.25) is 9.88 Å². The molecular weight excluding hydrogens is 277 g/mol. The number of amides is 1. The van der Waals surface area contributed by atoms with Crippen LogP contribution < -0.4 is 11.0 Å². The highest BCUT2D eigenvalue weighted by atomic mass is 19.1. The highest BCUT2D eigenvalue weighted by Crippen LogP contribution is 2.28. The van der Waals surface area contributed by atoms with Crippen LogP contribution in [0.25, 0.3) is 0 Å². The van der Waals surface area contributed by atoms with Crippen molar-refractivity contribution in [2.45, 2.75) is 31.5 Å². The SMILES string of the molecule is CC1OC(n2cc(F)c(NC(=O)O)nc2=O)C(O)C1O. The zero-order valence-corrected chi connectivity index (χ0v) is 10.2. The summed E-state index contributed by atoms with van der Waals surface area (Å²) in [5.74, 6) is -1.86. The predicted octanol–water partition coefficient (Wildman–Crippen LogP) is -0.889. The van der Waals surface area contributed by atoms with Gasteiger partial charge in [-0.2, -0.15) is 4.98 Å². The molecule has 2 heterocycles. The first-order valence-electron chi connectivity index (χ1n) is 5.61. The molecule has 1 aromatic heterocycles. The van der Waals surface area contributed by atoms with Crippen LogP contribution in [0.5, 0.6) is 0 Å². The van der Waals surface area contributed by atoms with Crippen LogP contribution in [-0.2, 0) is 4.74 Å². The standard InChI is InChI=1S/C10H12FN3O6/c1-3-5(15)6(16)8(20-3)14-2-4(11)7(12-9(14)17)13-10(18)19/h2-3,5-6,8,15-16H,1H3,(H,18,19)(H,12,13,17). The lowest BCUT2D eigenvalue weighted by Gasteiger charge is -2.17. The number of rotatable bonds is 2. The molecule has 10 heteroatoms. The smallest absolute Gasteiger partial charge is 0.410 e. The van der Waals surface area contributed by atoms with E-state index >= 15 is 0 Å². The first kappa shape index (κ1) is 14.4. The number of nitrogens with zero attached hydrogens (tertiary/aromatic N) is 2. The Morgan fingerprint density at radius 1 is 1.50 bits per heavy atom. The Kier molecular flexibility index (Phi) is 3.70. The zero-order valence-electron chi connectivity index (χ0n) is 10.2. The van der Waals surface area contributed by atoms with Gasteiger partial charge in [0.2, 0.25) is 0 Å². The van der Waals surface area contributed by atoms with Crippen LogP contribution in [0.3, 0.4) is 0 Å². The Hall–Kier alpha value is -2.04. The second-order valence-corrected chi connectivity index (χ2v) is 4.27. The number of aliphatic hydroxyl groups excluding tert-OH is 2. The largest absolute Gasteiger partial charge is 0.465 e. The molecule has 4 N–H and O–H groups in total. The summed E-state index contributed by atoms with van der Waals surface area (Å²) in [6.07, 6.45) is -5.63. The number of hydrogen-bond acceptors (Lipinski definition) is 6. The highest BCUT2D eigenvalue weighted by molar-refractivity contribution is 5.81. The van der Waals surface area contributed by atoms with Crippen molar-refractivity contribution in [2.75, 3.05) is 5.32 Å². The van der Waals surface area contributed by atoms with Gasteiger partial charge < -0.3 is 20.1 Å². The molecule has 4 atom stereocenters. The van der Waals surface area contributed by atoms with E-state index in [4.69, 9.17) is 9.84 Å². The van der Waals surface area contributed by atoms with Gasteiger partial charge in [0.25, 0.3) is 0 Å². The lowest BCUT2D eigenvalue weighted by molar-refractivity contribution is -0.0355. The zero-order chi connectivity index (χ0) is 15.0. The predicted molar refractivity (Wildman–Crippen MR) is 61.7 cm³/mol. The van der Waals surface area contributed by atoms with Crippen LogP contribution in [0.4, 0.5) is 15.0 Å². The van der Waals surface area contributed by atoms with Crippen molar-refractivity contribution in [2.24, 2.45) is 0 Å². The molecule has 0 aromatic carbocycles. The van der Waals surface area contributed by atoms with Crippen molar-refractivity contribution >= 4 is 11.9 Å². The van der Waals surface area contributed by atoms with Gasteiger partial charge in [-0.05, 0) is 6.92 Å². The minimum Gasteiger partial charge on any atom is -0.465 e. The molecule has 0 radical (unpaired) electrons. The van der Waals surface area contributed by atoms with Gasteiger partial charge in [0.05, 0.1) is 12.3 Å². The van der Waals surface area contributed by atoms with Gasteiger partial charge >= 0.3 is 11.8 Å². The molecule has 4 unspecified atom stereocenters. The van der Waals surface area contributed by atoms with Crippen molar-refractivity contribution in [1.29, 1.82) is 0 Å². The number of aliphatic hydroxyl groups is 2. The molecule has 2 rings (SSSR count). The molecule has 1 aromatic rings. The van der Waals surface area contributed by atoms with Gasteiger partial charge in [-0.25, -0.2) is 14.0 Å². The normalized spacial score (nSPS) is 29.4. The summed E-state index contributed by atoms with van der Waals surface area (Å²) in [7, 11) is 0. The number of carboxylic acid groups (broad SMARTS) is 1. The number of aromatic nitrogens is 2. The second kappa shape index (κ2) is 5.15. The first-order valence-corrected chi connectivity index (χ1v) is 5.61. The van der Waals surface area contributed by atoms with Crippen LogP contribution in [0, 0.1) is 5.82 Å². The number of ether oxygens (including phenoxy) is 1. The number of anilines is 1. The summed E-state index contributed by atoms with van der Waals surface area (Å²) in [5.41, 5.74) is -1.03. The van der Waals surface area contributed by atoms with Crippen molar-refractivity contribution in [3.8, 4) is 0 Å². The highest BCUT2D eigenvalue weighted by Gasteiger charge is 2.42. The van der Waals surface area contributed by atoms with E-state index in [1.807, 2.05) is 0 Å². The summed E-state index contributed by atoms with van der Waals surface area (Å²) in [4.78, 5) is 25.3. The van der Waals surface area contributed by atoms with Crippen molar-refractivity contribution in [3.05, 3.63) is 22.5 Å². The maximum Gasteiger partial charge on any atom is 0.410 e. The number of nitrogens with one attached hydrogen (secondary N) is 1. The third kappa shape index (κ3) is 2.48. The minimum absolute atomic E-state index is 0.652. The van der Waals surface area contributed by atoms with E-state index in [2.05, 4.69) is 4.98 Å². The van der Waals surface area contributed by atoms with Gasteiger partial charge in [-0.15, -0.1) is 0 Å². The van der Waals surface area contributed by atoms with Gasteiger partial charge in [-0.1, -0.05) is 0 Å². The fourth-order valence-corrected chi connectivity index (χ4v) is 1.87. The van der Waals surface area contributed by atoms with E-state index in [1.54, 1.807) is 5.32 Å². The average molecular weight is 289 g/mol. The second-order valence-electron chi connectivity index (χ2n) is 4.27. The van der Waals surface area contributed by atoms with Crippen LogP contribution >= 0.6 is 0 Å². The molecule has 9 nitrogen and oxygen atoms in total. The summed E-state index contributed by atoms with van der Waals surface area (Å²) in [6, 6.07) is 0. The Balaban J connectivity index is 2.37. The molecule has 0 aliphatic carbocycles. The van der Waals surface area contributed by atoms with Crippen molar-refractivity contribution in [3.63, 3.8) is 0 Å². The fraction of sp³-hybridized carbons (Fsp3) is 0.500. The van der Waals surface area contributed by atoms with E-state index in [-0.39, 0.29) is 0 Å².